The van der Waals surface area contributed by atoms with Crippen LogP contribution in [0.4, 0.5) is 0 Å². The normalized spacial score (nSPS) is 25.6. The van der Waals surface area contributed by atoms with E-state index in [0.29, 0.717) is 12.3 Å². The van der Waals surface area contributed by atoms with Gasteiger partial charge in [0.25, 0.3) is 5.91 Å². The quantitative estimate of drug-likeness (QED) is 0.864. The van der Waals surface area contributed by atoms with Gasteiger partial charge in [-0.1, -0.05) is 0 Å². The Balaban J connectivity index is 1.48. The molecule has 0 radical (unpaired) electrons. The second-order valence-corrected chi connectivity index (χ2v) is 5.40. The van der Waals surface area contributed by atoms with Crippen molar-refractivity contribution in [3.63, 3.8) is 0 Å². The topological polar surface area (TPSA) is 63.5 Å². The highest BCUT2D eigenvalue weighted by molar-refractivity contribution is 5.91. The van der Waals surface area contributed by atoms with Gasteiger partial charge >= 0.3 is 0 Å². The first-order chi connectivity index (χ1) is 9.27. The van der Waals surface area contributed by atoms with Crippen molar-refractivity contribution in [2.45, 2.75) is 37.4 Å². The standard InChI is InChI=1S/C14H20N2O3/c17-13(12-2-1-9-18-12)16-10-11-3-4-14(19-11)5-7-15-8-6-14/h1-2,9,11,15H,3-8,10H2,(H,16,17)/t11-/m0/s1. The maximum absolute atomic E-state index is 11.8. The number of carbonyl (C=O) groups excluding carboxylic acids is 1. The molecule has 0 unspecified atom stereocenters. The van der Waals surface area contributed by atoms with Gasteiger partial charge in [-0.15, -0.1) is 0 Å². The van der Waals surface area contributed by atoms with E-state index in [0.717, 1.165) is 38.8 Å². The van der Waals surface area contributed by atoms with Crippen LogP contribution in [-0.2, 0) is 4.74 Å². The average molecular weight is 264 g/mol. The van der Waals surface area contributed by atoms with Gasteiger partial charge in [0.1, 0.15) is 0 Å². The highest BCUT2D eigenvalue weighted by Crippen LogP contribution is 2.36. The van der Waals surface area contributed by atoms with E-state index in [1.165, 1.54) is 6.26 Å². The molecule has 0 saturated carbocycles. The lowest BCUT2D eigenvalue weighted by atomic mass is 9.89. The predicted molar refractivity (Wildman–Crippen MR) is 70.0 cm³/mol. The molecular formula is C14H20N2O3. The summed E-state index contributed by atoms with van der Waals surface area (Å²) in [6.45, 7) is 2.63. The Morgan fingerprint density at radius 3 is 3.00 bits per heavy atom. The van der Waals surface area contributed by atoms with Crippen LogP contribution in [0.15, 0.2) is 22.8 Å². The Labute approximate surface area is 112 Å². The zero-order valence-electron chi connectivity index (χ0n) is 11.0. The largest absolute Gasteiger partial charge is 0.459 e. The van der Waals surface area contributed by atoms with Gasteiger partial charge in [-0.3, -0.25) is 4.79 Å². The monoisotopic (exact) mass is 264 g/mol. The van der Waals surface area contributed by atoms with Crippen molar-refractivity contribution < 1.29 is 13.9 Å². The van der Waals surface area contributed by atoms with E-state index >= 15 is 0 Å². The second kappa shape index (κ2) is 5.35. The van der Waals surface area contributed by atoms with E-state index in [2.05, 4.69) is 10.6 Å². The lowest BCUT2D eigenvalue weighted by Gasteiger charge is -2.33. The van der Waals surface area contributed by atoms with E-state index < -0.39 is 0 Å². The molecule has 0 aromatic carbocycles. The van der Waals surface area contributed by atoms with Gasteiger partial charge in [0, 0.05) is 6.54 Å². The molecule has 3 rings (SSSR count). The minimum absolute atomic E-state index is 0.0608. The Kier molecular flexibility index (Phi) is 3.57. The smallest absolute Gasteiger partial charge is 0.287 e. The number of nitrogens with one attached hydrogen (secondary N) is 2. The summed E-state index contributed by atoms with van der Waals surface area (Å²) in [5.74, 6) is 0.189. The molecule has 1 spiro atoms. The number of carbonyl (C=O) groups is 1. The number of ether oxygens (including phenoxy) is 1. The molecule has 2 aliphatic rings. The van der Waals surface area contributed by atoms with Crippen molar-refractivity contribution in [3.8, 4) is 0 Å². The highest BCUT2D eigenvalue weighted by Gasteiger charge is 2.40. The summed E-state index contributed by atoms with van der Waals surface area (Å²) >= 11 is 0. The van der Waals surface area contributed by atoms with Crippen LogP contribution in [0.25, 0.3) is 0 Å². The number of hydrogen-bond acceptors (Lipinski definition) is 4. The summed E-state index contributed by atoms with van der Waals surface area (Å²) in [5, 5.41) is 6.23. The number of furan rings is 1. The first kappa shape index (κ1) is 12.7. The number of hydrogen-bond donors (Lipinski definition) is 2. The Morgan fingerprint density at radius 2 is 2.26 bits per heavy atom. The molecule has 3 heterocycles. The van der Waals surface area contributed by atoms with Crippen molar-refractivity contribution in [1.82, 2.24) is 10.6 Å². The summed E-state index contributed by atoms with van der Waals surface area (Å²) in [4.78, 5) is 11.8. The Bertz CT molecular complexity index is 424. The molecule has 0 bridgehead atoms. The number of rotatable bonds is 3. The average Bonchev–Trinajstić information content (AvgIpc) is 3.08. The maximum Gasteiger partial charge on any atom is 0.287 e. The third-order valence-electron chi connectivity index (χ3n) is 4.09. The third-order valence-corrected chi connectivity index (χ3v) is 4.09. The van der Waals surface area contributed by atoms with Gasteiger partial charge in [-0.2, -0.15) is 0 Å². The van der Waals surface area contributed by atoms with Gasteiger partial charge in [0.05, 0.1) is 18.0 Å². The molecule has 1 aromatic heterocycles. The summed E-state index contributed by atoms with van der Waals surface area (Å²) in [6, 6.07) is 3.38. The van der Waals surface area contributed by atoms with Gasteiger partial charge in [-0.25, -0.2) is 0 Å². The van der Waals surface area contributed by atoms with E-state index in [1.807, 2.05) is 0 Å². The van der Waals surface area contributed by atoms with E-state index in [4.69, 9.17) is 9.15 Å². The van der Waals surface area contributed by atoms with Crippen LogP contribution >= 0.6 is 0 Å². The van der Waals surface area contributed by atoms with Crippen LogP contribution in [0, 0.1) is 0 Å². The molecule has 2 N–H and O–H groups in total. The minimum atomic E-state index is -0.167. The van der Waals surface area contributed by atoms with Crippen LogP contribution < -0.4 is 10.6 Å². The van der Waals surface area contributed by atoms with Crippen LogP contribution in [0.2, 0.25) is 0 Å². The zero-order chi connectivity index (χ0) is 13.1. The van der Waals surface area contributed by atoms with E-state index in [9.17, 15) is 4.79 Å². The number of amides is 1. The van der Waals surface area contributed by atoms with Gasteiger partial charge in [-0.05, 0) is 50.9 Å². The summed E-state index contributed by atoms with van der Waals surface area (Å²) in [5.41, 5.74) is 0.0608. The fourth-order valence-corrected chi connectivity index (χ4v) is 2.99. The van der Waals surface area contributed by atoms with E-state index in [-0.39, 0.29) is 17.6 Å². The van der Waals surface area contributed by atoms with Crippen LogP contribution in [0.3, 0.4) is 0 Å². The summed E-state index contributed by atoms with van der Waals surface area (Å²) < 4.78 is 11.2. The molecule has 5 heteroatoms. The molecule has 19 heavy (non-hydrogen) atoms. The third kappa shape index (κ3) is 2.82. The summed E-state index contributed by atoms with van der Waals surface area (Å²) in [7, 11) is 0. The molecular weight excluding hydrogens is 244 g/mol. The van der Waals surface area contributed by atoms with Crippen molar-refractivity contribution >= 4 is 5.91 Å². The molecule has 2 saturated heterocycles. The Morgan fingerprint density at radius 1 is 1.42 bits per heavy atom. The minimum Gasteiger partial charge on any atom is -0.459 e. The molecule has 1 aromatic rings. The van der Waals surface area contributed by atoms with Crippen molar-refractivity contribution in [2.24, 2.45) is 0 Å². The van der Waals surface area contributed by atoms with Crippen molar-refractivity contribution in [3.05, 3.63) is 24.2 Å². The molecule has 5 nitrogen and oxygen atoms in total. The lowest BCUT2D eigenvalue weighted by Crippen LogP contribution is -2.43. The predicted octanol–water partition coefficient (Wildman–Crippen LogP) is 1.31. The molecule has 1 amide bonds. The molecule has 104 valence electrons. The molecule has 2 aliphatic heterocycles. The van der Waals surface area contributed by atoms with Gasteiger partial charge in [0.15, 0.2) is 5.76 Å². The zero-order valence-corrected chi connectivity index (χ0v) is 11.0. The Hall–Kier alpha value is -1.33. The first-order valence-electron chi connectivity index (χ1n) is 6.98. The summed E-state index contributed by atoms with van der Waals surface area (Å²) in [6.07, 6.45) is 5.93. The SMILES string of the molecule is O=C(NC[C@@H]1CCC2(CCNCC2)O1)c1ccco1. The van der Waals surface area contributed by atoms with Crippen molar-refractivity contribution in [1.29, 1.82) is 0 Å². The van der Waals surface area contributed by atoms with E-state index in [1.54, 1.807) is 12.1 Å². The lowest BCUT2D eigenvalue weighted by molar-refractivity contribution is -0.0576. The van der Waals surface area contributed by atoms with Gasteiger partial charge in [0.2, 0.25) is 0 Å². The number of piperidine rings is 1. The van der Waals surface area contributed by atoms with Crippen LogP contribution in [0.1, 0.15) is 36.2 Å². The fourth-order valence-electron chi connectivity index (χ4n) is 2.99. The first-order valence-corrected chi connectivity index (χ1v) is 6.98. The van der Waals surface area contributed by atoms with Crippen LogP contribution in [0.5, 0.6) is 0 Å². The molecule has 1 atom stereocenters. The molecule has 0 aliphatic carbocycles. The molecule has 2 fully saturated rings. The highest BCUT2D eigenvalue weighted by atomic mass is 16.5. The second-order valence-electron chi connectivity index (χ2n) is 5.40. The maximum atomic E-state index is 11.8. The fraction of sp³-hybridized carbons (Fsp3) is 0.643. The van der Waals surface area contributed by atoms with Crippen LogP contribution in [-0.4, -0.2) is 37.2 Å². The van der Waals surface area contributed by atoms with Crippen molar-refractivity contribution in [2.75, 3.05) is 19.6 Å². The van der Waals surface area contributed by atoms with Gasteiger partial charge < -0.3 is 19.8 Å².